The summed E-state index contributed by atoms with van der Waals surface area (Å²) >= 11 is 0. The van der Waals surface area contributed by atoms with Crippen LogP contribution in [-0.2, 0) is 23.7 Å². The molecule has 2 aliphatic heterocycles. The molecule has 0 spiro atoms. The zero-order valence-corrected chi connectivity index (χ0v) is 33.9. The Bertz CT molecular complexity index is 1090. The number of ether oxygens (including phenoxy) is 4. The number of carbonyl (C=O) groups excluding carboxylic acids is 1. The Morgan fingerprint density at radius 1 is 0.625 bits per heavy atom. The van der Waals surface area contributed by atoms with E-state index in [1.807, 2.05) is 0 Å². The van der Waals surface area contributed by atoms with E-state index in [-0.39, 0.29) is 6.61 Å². The van der Waals surface area contributed by atoms with Gasteiger partial charge in [-0.1, -0.05) is 120 Å². The molecule has 14 nitrogen and oxygen atoms in total. The molecule has 0 radical (unpaired) electrons. The van der Waals surface area contributed by atoms with Crippen LogP contribution >= 0.6 is 0 Å². The van der Waals surface area contributed by atoms with Crippen LogP contribution in [-0.4, -0.2) is 140 Å². The summed E-state index contributed by atoms with van der Waals surface area (Å²) in [7, 11) is 0. The fourth-order valence-electron chi connectivity index (χ4n) is 6.88. The molecule has 0 aromatic heterocycles. The molecular formula is C42H75NO13. The van der Waals surface area contributed by atoms with Gasteiger partial charge in [-0.15, -0.1) is 0 Å². The van der Waals surface area contributed by atoms with Crippen molar-refractivity contribution < 1.29 is 64.6 Å². The minimum Gasteiger partial charge on any atom is -0.394 e. The molecular weight excluding hydrogens is 726 g/mol. The number of aliphatic hydroxyl groups excluding tert-OH is 8. The average molecular weight is 802 g/mol. The standard InChI is InChI=1S/C42H75NO13/c1-3-4-5-6-7-8-9-10-11-12-13-14-15-16-17-18-19-20-21-22-23-24-25-26-32(47)31(43-30(2)46)29-53-41-39(52)37(50)40(34(28-45)55-41)56-42-38(51)36(49)35(48)33(27-44)54-42/h17-18,21-22,25-26,31-42,44-45,47-52H,3-16,19-20,23-24,27-29H2,1-2H3,(H,43,46)/b18-17+,22-21+,26-25+. The van der Waals surface area contributed by atoms with Crippen LogP contribution in [0.1, 0.15) is 129 Å². The van der Waals surface area contributed by atoms with E-state index in [0.717, 1.165) is 25.7 Å². The Balaban J connectivity index is 1.65. The van der Waals surface area contributed by atoms with Crippen LogP contribution in [0.4, 0.5) is 0 Å². The topological polar surface area (TPSA) is 228 Å². The van der Waals surface area contributed by atoms with Gasteiger partial charge < -0.3 is 65.1 Å². The molecule has 12 unspecified atom stereocenters. The molecule has 1 amide bonds. The number of nitrogens with one attached hydrogen (secondary N) is 1. The van der Waals surface area contributed by atoms with E-state index in [1.54, 1.807) is 12.2 Å². The Morgan fingerprint density at radius 2 is 1.11 bits per heavy atom. The van der Waals surface area contributed by atoms with Gasteiger partial charge in [-0.2, -0.15) is 0 Å². The predicted molar refractivity (Wildman–Crippen MR) is 212 cm³/mol. The van der Waals surface area contributed by atoms with Crippen LogP contribution in [0.15, 0.2) is 36.5 Å². The highest BCUT2D eigenvalue weighted by Gasteiger charge is 2.50. The molecule has 56 heavy (non-hydrogen) atoms. The number of aliphatic hydroxyl groups is 8. The second-order valence-corrected chi connectivity index (χ2v) is 15.2. The van der Waals surface area contributed by atoms with Gasteiger partial charge in [0.1, 0.15) is 48.8 Å². The van der Waals surface area contributed by atoms with Crippen molar-refractivity contribution in [2.24, 2.45) is 0 Å². The maximum Gasteiger partial charge on any atom is 0.217 e. The minimum atomic E-state index is -1.79. The third-order valence-corrected chi connectivity index (χ3v) is 10.3. The van der Waals surface area contributed by atoms with E-state index in [1.165, 1.54) is 90.4 Å². The molecule has 326 valence electrons. The van der Waals surface area contributed by atoms with Crippen LogP contribution in [0.3, 0.4) is 0 Å². The van der Waals surface area contributed by atoms with E-state index in [9.17, 15) is 45.6 Å². The lowest BCUT2D eigenvalue weighted by Gasteiger charge is -2.46. The largest absolute Gasteiger partial charge is 0.394 e. The molecule has 2 fully saturated rings. The molecule has 0 aliphatic carbocycles. The molecule has 2 rings (SSSR count). The van der Waals surface area contributed by atoms with Gasteiger partial charge in [-0.3, -0.25) is 4.79 Å². The second kappa shape index (κ2) is 30.3. The zero-order valence-electron chi connectivity index (χ0n) is 33.9. The normalized spacial score (nSPS) is 29.8. The summed E-state index contributed by atoms with van der Waals surface area (Å²) in [4.78, 5) is 11.9. The summed E-state index contributed by atoms with van der Waals surface area (Å²) in [6.07, 6.45) is 17.4. The van der Waals surface area contributed by atoms with Gasteiger partial charge in [0, 0.05) is 6.92 Å². The van der Waals surface area contributed by atoms with E-state index < -0.39 is 92.7 Å². The van der Waals surface area contributed by atoms with Gasteiger partial charge in [0.05, 0.1) is 32.0 Å². The Morgan fingerprint density at radius 3 is 1.64 bits per heavy atom. The summed E-state index contributed by atoms with van der Waals surface area (Å²) < 4.78 is 22.2. The van der Waals surface area contributed by atoms with Crippen LogP contribution < -0.4 is 5.32 Å². The lowest BCUT2D eigenvalue weighted by molar-refractivity contribution is -0.359. The lowest BCUT2D eigenvalue weighted by atomic mass is 9.97. The fraction of sp³-hybridized carbons (Fsp3) is 0.833. The van der Waals surface area contributed by atoms with Crippen LogP contribution in [0.25, 0.3) is 0 Å². The minimum absolute atomic E-state index is 0.331. The zero-order chi connectivity index (χ0) is 41.1. The molecule has 9 N–H and O–H groups in total. The summed E-state index contributed by atoms with van der Waals surface area (Å²) in [6, 6.07) is -0.936. The molecule has 2 heterocycles. The molecule has 0 aromatic rings. The summed E-state index contributed by atoms with van der Waals surface area (Å²) in [5.74, 6) is -0.432. The summed E-state index contributed by atoms with van der Waals surface area (Å²) in [5.41, 5.74) is 0. The third-order valence-electron chi connectivity index (χ3n) is 10.3. The molecule has 0 saturated carbocycles. The smallest absolute Gasteiger partial charge is 0.217 e. The lowest BCUT2D eigenvalue weighted by Crippen LogP contribution is -2.65. The predicted octanol–water partition coefficient (Wildman–Crippen LogP) is 3.20. The van der Waals surface area contributed by atoms with E-state index >= 15 is 0 Å². The molecule has 2 aliphatic rings. The van der Waals surface area contributed by atoms with Gasteiger partial charge in [0.2, 0.25) is 5.91 Å². The van der Waals surface area contributed by atoms with Crippen molar-refractivity contribution in [3.05, 3.63) is 36.5 Å². The quantitative estimate of drug-likeness (QED) is 0.0376. The maximum atomic E-state index is 11.9. The molecule has 0 bridgehead atoms. The van der Waals surface area contributed by atoms with E-state index in [4.69, 9.17) is 18.9 Å². The van der Waals surface area contributed by atoms with Crippen LogP contribution in [0.5, 0.6) is 0 Å². The van der Waals surface area contributed by atoms with Crippen molar-refractivity contribution in [3.63, 3.8) is 0 Å². The number of unbranched alkanes of at least 4 members (excludes halogenated alkanes) is 15. The first-order chi connectivity index (χ1) is 27.0. The van der Waals surface area contributed by atoms with Crippen molar-refractivity contribution in [2.45, 2.75) is 203 Å². The number of hydrogen-bond donors (Lipinski definition) is 9. The number of amides is 1. The number of carbonyl (C=O) groups is 1. The van der Waals surface area contributed by atoms with Gasteiger partial charge in [0.15, 0.2) is 12.6 Å². The Labute approximate surface area is 334 Å². The van der Waals surface area contributed by atoms with Gasteiger partial charge in [-0.05, 0) is 38.5 Å². The summed E-state index contributed by atoms with van der Waals surface area (Å²) in [6.45, 7) is 1.78. The number of rotatable bonds is 30. The first kappa shape index (κ1) is 50.4. The molecule has 2 saturated heterocycles. The Kier molecular flexibility index (Phi) is 27.2. The van der Waals surface area contributed by atoms with Gasteiger partial charge in [0.25, 0.3) is 0 Å². The van der Waals surface area contributed by atoms with Crippen LogP contribution in [0, 0.1) is 0 Å². The Hall–Kier alpha value is -1.79. The van der Waals surface area contributed by atoms with Crippen molar-refractivity contribution >= 4 is 5.91 Å². The highest BCUT2D eigenvalue weighted by Crippen LogP contribution is 2.29. The average Bonchev–Trinajstić information content (AvgIpc) is 3.18. The molecule has 12 atom stereocenters. The van der Waals surface area contributed by atoms with Crippen LogP contribution in [0.2, 0.25) is 0 Å². The van der Waals surface area contributed by atoms with Crippen molar-refractivity contribution in [1.82, 2.24) is 5.32 Å². The van der Waals surface area contributed by atoms with Gasteiger partial charge in [-0.25, -0.2) is 0 Å². The SMILES string of the molecule is CCCCCCCCCCCCCCC/C=C/CC/C=C/CC/C=C/C(O)C(COC1OC(CO)C(OC2OC(CO)C(O)C(O)C2O)C(O)C1O)NC(C)=O. The molecule has 14 heteroatoms. The monoisotopic (exact) mass is 802 g/mol. The first-order valence-corrected chi connectivity index (χ1v) is 21.2. The van der Waals surface area contributed by atoms with Crippen molar-refractivity contribution in [1.29, 1.82) is 0 Å². The van der Waals surface area contributed by atoms with Crippen molar-refractivity contribution in [2.75, 3.05) is 19.8 Å². The summed E-state index contributed by atoms with van der Waals surface area (Å²) in [5, 5.41) is 84.8. The number of hydrogen-bond acceptors (Lipinski definition) is 13. The van der Waals surface area contributed by atoms with E-state index in [0.29, 0.717) is 6.42 Å². The highest BCUT2D eigenvalue weighted by molar-refractivity contribution is 5.73. The number of allylic oxidation sites excluding steroid dienone is 5. The highest BCUT2D eigenvalue weighted by atomic mass is 16.7. The van der Waals surface area contributed by atoms with Crippen molar-refractivity contribution in [3.8, 4) is 0 Å². The second-order valence-electron chi connectivity index (χ2n) is 15.2. The first-order valence-electron chi connectivity index (χ1n) is 21.2. The van der Waals surface area contributed by atoms with E-state index in [2.05, 4.69) is 36.5 Å². The maximum absolute atomic E-state index is 11.9. The molecule has 0 aromatic carbocycles. The van der Waals surface area contributed by atoms with Gasteiger partial charge >= 0.3 is 0 Å². The fourth-order valence-corrected chi connectivity index (χ4v) is 6.88. The third kappa shape index (κ3) is 19.3.